The van der Waals surface area contributed by atoms with Crippen molar-refractivity contribution in [2.75, 3.05) is 13.2 Å². The summed E-state index contributed by atoms with van der Waals surface area (Å²) >= 11 is 0. The molecule has 0 aromatic rings. The van der Waals surface area contributed by atoms with Crippen LogP contribution in [0.2, 0.25) is 0 Å². The lowest BCUT2D eigenvalue weighted by Gasteiger charge is -2.03. The minimum absolute atomic E-state index is 0.142. The smallest absolute Gasteiger partial charge is 0.333 e. The van der Waals surface area contributed by atoms with Crippen LogP contribution in [0, 0.1) is 0 Å². The van der Waals surface area contributed by atoms with E-state index in [1.807, 2.05) is 0 Å². The molecule has 1 aliphatic heterocycles. The number of rotatable bonds is 19. The average molecular weight is 427 g/mol. The molecular formula is C25H46O5. The molecule has 1 rings (SSSR count). The van der Waals surface area contributed by atoms with E-state index in [0.717, 1.165) is 12.8 Å². The molecule has 0 radical (unpaired) electrons. The van der Waals surface area contributed by atoms with Gasteiger partial charge in [-0.25, -0.2) is 4.79 Å². The molecule has 0 aromatic carbocycles. The second kappa shape index (κ2) is 20.9. The summed E-state index contributed by atoms with van der Waals surface area (Å²) in [6.07, 6.45) is 20.3. The first-order valence-electron chi connectivity index (χ1n) is 12.1. The average Bonchev–Trinajstić information content (AvgIpc) is 3.54. The molecule has 0 spiro atoms. The van der Waals surface area contributed by atoms with Gasteiger partial charge in [0, 0.05) is 12.0 Å². The Morgan fingerprint density at radius 3 is 1.60 bits per heavy atom. The SMILES string of the molecule is C=C(C)C(=O)OCC1CO1.CCCCCCCCCCCCCCCCCC(=O)O. The number of carbonyl (C=O) groups excluding carboxylic acids is 1. The number of aliphatic carboxylic acids is 1. The van der Waals surface area contributed by atoms with Crippen LogP contribution in [-0.4, -0.2) is 36.4 Å². The number of ether oxygens (including phenoxy) is 2. The Morgan fingerprint density at radius 1 is 0.867 bits per heavy atom. The molecule has 5 heteroatoms. The van der Waals surface area contributed by atoms with Crippen LogP contribution in [0.5, 0.6) is 0 Å². The van der Waals surface area contributed by atoms with Crippen molar-refractivity contribution >= 4 is 11.9 Å². The van der Waals surface area contributed by atoms with Gasteiger partial charge in [0.1, 0.15) is 12.7 Å². The summed E-state index contributed by atoms with van der Waals surface area (Å²) in [4.78, 5) is 21.0. The summed E-state index contributed by atoms with van der Waals surface area (Å²) < 4.78 is 9.60. The molecule has 1 saturated heterocycles. The largest absolute Gasteiger partial charge is 0.481 e. The van der Waals surface area contributed by atoms with Crippen LogP contribution in [0.4, 0.5) is 0 Å². The zero-order chi connectivity index (χ0) is 22.5. The number of carboxylic acid groups (broad SMARTS) is 1. The van der Waals surface area contributed by atoms with Crippen molar-refractivity contribution in [3.63, 3.8) is 0 Å². The Balaban J connectivity index is 0.000000696. The van der Waals surface area contributed by atoms with Crippen LogP contribution in [0.3, 0.4) is 0 Å². The maximum absolute atomic E-state index is 10.7. The van der Waals surface area contributed by atoms with E-state index in [-0.39, 0.29) is 12.1 Å². The number of esters is 1. The van der Waals surface area contributed by atoms with Crippen LogP contribution in [0.15, 0.2) is 12.2 Å². The summed E-state index contributed by atoms with van der Waals surface area (Å²) in [5, 5.41) is 8.52. The molecule has 5 nitrogen and oxygen atoms in total. The second-order valence-corrected chi connectivity index (χ2v) is 8.43. The van der Waals surface area contributed by atoms with Gasteiger partial charge in [-0.2, -0.15) is 0 Å². The molecule has 30 heavy (non-hydrogen) atoms. The van der Waals surface area contributed by atoms with E-state index < -0.39 is 5.97 Å². The maximum atomic E-state index is 10.7. The van der Waals surface area contributed by atoms with Gasteiger partial charge < -0.3 is 14.6 Å². The summed E-state index contributed by atoms with van der Waals surface area (Å²) in [6, 6.07) is 0. The third-order valence-electron chi connectivity index (χ3n) is 5.15. The van der Waals surface area contributed by atoms with Crippen LogP contribution in [0.1, 0.15) is 117 Å². The summed E-state index contributed by atoms with van der Waals surface area (Å²) in [6.45, 7) is 8.41. The zero-order valence-corrected chi connectivity index (χ0v) is 19.6. The highest BCUT2D eigenvalue weighted by molar-refractivity contribution is 5.86. The Morgan fingerprint density at radius 2 is 1.27 bits per heavy atom. The van der Waals surface area contributed by atoms with E-state index in [0.29, 0.717) is 25.2 Å². The lowest BCUT2D eigenvalue weighted by atomic mass is 10.0. The molecule has 0 saturated carbocycles. The topological polar surface area (TPSA) is 76.1 Å². The molecule has 1 heterocycles. The molecule has 1 fully saturated rings. The first kappa shape index (κ1) is 28.6. The van der Waals surface area contributed by atoms with Crippen molar-refractivity contribution < 1.29 is 24.2 Å². The van der Waals surface area contributed by atoms with Crippen molar-refractivity contribution in [2.45, 2.75) is 123 Å². The first-order valence-corrected chi connectivity index (χ1v) is 12.1. The Hall–Kier alpha value is -1.36. The molecule has 1 N–H and O–H groups in total. The molecule has 0 aliphatic carbocycles. The van der Waals surface area contributed by atoms with Gasteiger partial charge >= 0.3 is 11.9 Å². The Kier molecular flexibility index (Phi) is 19.9. The van der Waals surface area contributed by atoms with E-state index in [4.69, 9.17) is 14.6 Å². The van der Waals surface area contributed by atoms with Gasteiger partial charge in [0.2, 0.25) is 0 Å². The van der Waals surface area contributed by atoms with E-state index in [2.05, 4.69) is 13.5 Å². The van der Waals surface area contributed by atoms with Gasteiger partial charge in [0.05, 0.1) is 6.61 Å². The van der Waals surface area contributed by atoms with E-state index in [1.165, 1.54) is 83.5 Å². The molecule has 1 atom stereocenters. The summed E-state index contributed by atoms with van der Waals surface area (Å²) in [5.74, 6) is -0.991. The van der Waals surface area contributed by atoms with Crippen LogP contribution >= 0.6 is 0 Å². The van der Waals surface area contributed by atoms with Crippen LogP contribution in [0.25, 0.3) is 0 Å². The molecule has 0 aromatic heterocycles. The normalized spacial score (nSPS) is 14.5. The van der Waals surface area contributed by atoms with Gasteiger partial charge in [-0.1, -0.05) is 103 Å². The molecule has 0 bridgehead atoms. The predicted octanol–water partition coefficient (Wildman–Crippen LogP) is 6.84. The van der Waals surface area contributed by atoms with Gasteiger partial charge in [0.25, 0.3) is 0 Å². The standard InChI is InChI=1S/C18H36O2.C7H10O3/c1-2-3-4-5-6-7-8-9-10-11-12-13-14-15-16-17-18(19)20;1-5(2)7(8)10-4-6-3-9-6/h2-17H2,1H3,(H,19,20);6H,1,3-4H2,2H3. The quantitative estimate of drug-likeness (QED) is 0.106. The van der Waals surface area contributed by atoms with E-state index >= 15 is 0 Å². The van der Waals surface area contributed by atoms with Crippen molar-refractivity contribution in [3.8, 4) is 0 Å². The lowest BCUT2D eigenvalue weighted by Crippen LogP contribution is -2.09. The molecule has 176 valence electrons. The second-order valence-electron chi connectivity index (χ2n) is 8.43. The minimum Gasteiger partial charge on any atom is -0.481 e. The number of hydrogen-bond donors (Lipinski definition) is 1. The highest BCUT2D eigenvalue weighted by Gasteiger charge is 2.24. The van der Waals surface area contributed by atoms with Crippen molar-refractivity contribution in [1.82, 2.24) is 0 Å². The third kappa shape index (κ3) is 22.9. The Bertz CT molecular complexity index is 443. The third-order valence-corrected chi connectivity index (χ3v) is 5.15. The summed E-state index contributed by atoms with van der Waals surface area (Å²) in [7, 11) is 0. The van der Waals surface area contributed by atoms with Crippen LogP contribution in [-0.2, 0) is 19.1 Å². The number of hydrogen-bond acceptors (Lipinski definition) is 4. The first-order chi connectivity index (χ1) is 14.5. The zero-order valence-electron chi connectivity index (χ0n) is 19.6. The number of unbranched alkanes of at least 4 members (excludes halogenated alkanes) is 14. The predicted molar refractivity (Wildman–Crippen MR) is 123 cm³/mol. The fourth-order valence-electron chi connectivity index (χ4n) is 3.10. The van der Waals surface area contributed by atoms with Crippen molar-refractivity contribution in [1.29, 1.82) is 0 Å². The van der Waals surface area contributed by atoms with Gasteiger partial charge in [-0.05, 0) is 13.3 Å². The van der Waals surface area contributed by atoms with Crippen molar-refractivity contribution in [2.24, 2.45) is 0 Å². The highest BCUT2D eigenvalue weighted by Crippen LogP contribution is 2.13. The fourth-order valence-corrected chi connectivity index (χ4v) is 3.10. The Labute approximate surface area is 184 Å². The fraction of sp³-hybridized carbons (Fsp3) is 0.840. The minimum atomic E-state index is -0.653. The van der Waals surface area contributed by atoms with E-state index in [1.54, 1.807) is 6.92 Å². The van der Waals surface area contributed by atoms with Gasteiger partial charge in [-0.15, -0.1) is 0 Å². The number of carbonyl (C=O) groups is 2. The van der Waals surface area contributed by atoms with Crippen molar-refractivity contribution in [3.05, 3.63) is 12.2 Å². The monoisotopic (exact) mass is 426 g/mol. The highest BCUT2D eigenvalue weighted by atomic mass is 16.6. The molecular weight excluding hydrogens is 380 g/mol. The van der Waals surface area contributed by atoms with E-state index in [9.17, 15) is 9.59 Å². The maximum Gasteiger partial charge on any atom is 0.333 e. The molecule has 1 unspecified atom stereocenters. The van der Waals surface area contributed by atoms with Crippen LogP contribution < -0.4 is 0 Å². The summed E-state index contributed by atoms with van der Waals surface area (Å²) in [5.41, 5.74) is 0.431. The molecule has 0 amide bonds. The molecule has 1 aliphatic rings. The van der Waals surface area contributed by atoms with Gasteiger partial charge in [-0.3, -0.25) is 4.79 Å². The lowest BCUT2D eigenvalue weighted by molar-refractivity contribution is -0.139. The van der Waals surface area contributed by atoms with Gasteiger partial charge in [0.15, 0.2) is 0 Å². The number of epoxide rings is 1. The number of carboxylic acids is 1.